The average Bonchev–Trinajstić information content (AvgIpc) is 2.98. The Morgan fingerprint density at radius 3 is 2.89 bits per heavy atom. The lowest BCUT2D eigenvalue weighted by molar-refractivity contribution is -0.122. The zero-order valence-corrected chi connectivity index (χ0v) is 11.4. The molecule has 1 heterocycles. The van der Waals surface area contributed by atoms with Crippen LogP contribution in [-0.4, -0.2) is 32.7 Å². The Bertz CT molecular complexity index is 442. The normalized spacial score (nSPS) is 18.1. The van der Waals surface area contributed by atoms with Crippen LogP contribution in [0.3, 0.4) is 0 Å². The van der Waals surface area contributed by atoms with E-state index >= 15 is 0 Å². The lowest BCUT2D eigenvalue weighted by Crippen LogP contribution is -2.40. The molecule has 2 rings (SSSR count). The first-order valence-corrected chi connectivity index (χ1v) is 6.46. The predicted octanol–water partition coefficient (Wildman–Crippen LogP) is 1.07. The zero-order chi connectivity index (χ0) is 13.7. The number of nitrogens with one attached hydrogen (secondary N) is 2. The Labute approximate surface area is 113 Å². The van der Waals surface area contributed by atoms with E-state index in [0.717, 1.165) is 36.4 Å². The molecule has 5 nitrogen and oxygen atoms in total. The first kappa shape index (κ1) is 13.7. The lowest BCUT2D eigenvalue weighted by atomic mass is 10.1. The van der Waals surface area contributed by atoms with Gasteiger partial charge in [0.2, 0.25) is 5.91 Å². The Hall–Kier alpha value is -1.75. The second-order valence-electron chi connectivity index (χ2n) is 4.54. The highest BCUT2D eigenvalue weighted by Crippen LogP contribution is 2.23. The molecule has 1 fully saturated rings. The van der Waals surface area contributed by atoms with Gasteiger partial charge in [0, 0.05) is 12.1 Å². The highest BCUT2D eigenvalue weighted by atomic mass is 16.5. The summed E-state index contributed by atoms with van der Waals surface area (Å²) in [5, 5.41) is 6.11. The summed E-state index contributed by atoms with van der Waals surface area (Å²) in [6.07, 6.45) is 1.96. The Morgan fingerprint density at radius 1 is 1.42 bits per heavy atom. The first-order chi connectivity index (χ1) is 9.24. The van der Waals surface area contributed by atoms with Crippen LogP contribution in [-0.2, 0) is 11.3 Å². The molecule has 19 heavy (non-hydrogen) atoms. The van der Waals surface area contributed by atoms with Crippen LogP contribution in [0, 0.1) is 0 Å². The number of amides is 1. The molecule has 0 radical (unpaired) electrons. The minimum absolute atomic E-state index is 0.0439. The minimum Gasteiger partial charge on any atom is -0.497 e. The van der Waals surface area contributed by atoms with Crippen LogP contribution in [0.2, 0.25) is 0 Å². The summed E-state index contributed by atoms with van der Waals surface area (Å²) in [5.74, 6) is 1.55. The summed E-state index contributed by atoms with van der Waals surface area (Å²) in [4.78, 5) is 11.9. The molecule has 1 saturated heterocycles. The van der Waals surface area contributed by atoms with Crippen molar-refractivity contribution in [3.63, 3.8) is 0 Å². The molecule has 5 heteroatoms. The molecule has 1 aliphatic heterocycles. The average molecular weight is 264 g/mol. The quantitative estimate of drug-likeness (QED) is 0.835. The molecule has 1 amide bonds. The molecule has 1 aliphatic rings. The third-order valence-corrected chi connectivity index (χ3v) is 3.32. The van der Waals surface area contributed by atoms with E-state index in [1.807, 2.05) is 18.2 Å². The maximum atomic E-state index is 11.9. The molecule has 0 unspecified atom stereocenters. The van der Waals surface area contributed by atoms with Crippen LogP contribution in [0.1, 0.15) is 18.4 Å². The fraction of sp³-hybridized carbons (Fsp3) is 0.500. The largest absolute Gasteiger partial charge is 0.497 e. The number of carbonyl (C=O) groups excluding carboxylic acids is 1. The van der Waals surface area contributed by atoms with Gasteiger partial charge in [-0.05, 0) is 37.6 Å². The van der Waals surface area contributed by atoms with Gasteiger partial charge in [-0.3, -0.25) is 4.79 Å². The standard InChI is InChI=1S/C14H20N2O3/c1-18-11-5-6-13(19-2)10(8-11)9-16-14(17)12-4-3-7-15-12/h5-6,8,12,15H,3-4,7,9H2,1-2H3,(H,16,17)/t12-/m0/s1. The maximum Gasteiger partial charge on any atom is 0.237 e. The molecule has 0 aliphatic carbocycles. The van der Waals surface area contributed by atoms with Crippen molar-refractivity contribution >= 4 is 5.91 Å². The van der Waals surface area contributed by atoms with Crippen LogP contribution >= 0.6 is 0 Å². The molecule has 0 aromatic heterocycles. The molecule has 0 bridgehead atoms. The number of hydrogen-bond acceptors (Lipinski definition) is 4. The van der Waals surface area contributed by atoms with Crippen molar-refractivity contribution in [2.45, 2.75) is 25.4 Å². The van der Waals surface area contributed by atoms with Gasteiger partial charge in [0.05, 0.1) is 20.3 Å². The maximum absolute atomic E-state index is 11.9. The predicted molar refractivity (Wildman–Crippen MR) is 72.4 cm³/mol. The van der Waals surface area contributed by atoms with Crippen molar-refractivity contribution in [1.82, 2.24) is 10.6 Å². The number of benzene rings is 1. The van der Waals surface area contributed by atoms with Gasteiger partial charge < -0.3 is 20.1 Å². The van der Waals surface area contributed by atoms with E-state index in [1.165, 1.54) is 0 Å². The van der Waals surface area contributed by atoms with Gasteiger partial charge in [0.1, 0.15) is 11.5 Å². The highest BCUT2D eigenvalue weighted by molar-refractivity contribution is 5.82. The molecule has 0 saturated carbocycles. The van der Waals surface area contributed by atoms with Gasteiger partial charge in [-0.15, -0.1) is 0 Å². The molecule has 1 aromatic rings. The monoisotopic (exact) mass is 264 g/mol. The highest BCUT2D eigenvalue weighted by Gasteiger charge is 2.21. The zero-order valence-electron chi connectivity index (χ0n) is 11.4. The number of ether oxygens (including phenoxy) is 2. The van der Waals surface area contributed by atoms with Gasteiger partial charge >= 0.3 is 0 Å². The minimum atomic E-state index is -0.0587. The van der Waals surface area contributed by atoms with Crippen molar-refractivity contribution in [1.29, 1.82) is 0 Å². The van der Waals surface area contributed by atoms with E-state index < -0.39 is 0 Å². The Kier molecular flexibility index (Phi) is 4.63. The Morgan fingerprint density at radius 2 is 2.26 bits per heavy atom. The fourth-order valence-electron chi connectivity index (χ4n) is 2.23. The Balaban J connectivity index is 1.99. The van der Waals surface area contributed by atoms with Crippen LogP contribution < -0.4 is 20.1 Å². The fourth-order valence-corrected chi connectivity index (χ4v) is 2.23. The third-order valence-electron chi connectivity index (χ3n) is 3.32. The van der Waals surface area contributed by atoms with Crippen LogP contribution in [0.25, 0.3) is 0 Å². The number of methoxy groups -OCH3 is 2. The van der Waals surface area contributed by atoms with Crippen LogP contribution in [0.5, 0.6) is 11.5 Å². The molecule has 104 valence electrons. The van der Waals surface area contributed by atoms with E-state index in [9.17, 15) is 4.79 Å². The third kappa shape index (κ3) is 3.38. The van der Waals surface area contributed by atoms with Gasteiger partial charge in [-0.2, -0.15) is 0 Å². The van der Waals surface area contributed by atoms with Crippen molar-refractivity contribution in [3.8, 4) is 11.5 Å². The lowest BCUT2D eigenvalue weighted by Gasteiger charge is -2.14. The van der Waals surface area contributed by atoms with Gasteiger partial charge in [0.15, 0.2) is 0 Å². The molecule has 1 aromatic carbocycles. The van der Waals surface area contributed by atoms with Crippen LogP contribution in [0.4, 0.5) is 0 Å². The number of hydrogen-bond donors (Lipinski definition) is 2. The first-order valence-electron chi connectivity index (χ1n) is 6.46. The van der Waals surface area contributed by atoms with Gasteiger partial charge in [-0.1, -0.05) is 0 Å². The molecular formula is C14H20N2O3. The van der Waals surface area contributed by atoms with E-state index in [4.69, 9.17) is 9.47 Å². The summed E-state index contributed by atoms with van der Waals surface area (Å²) in [6.45, 7) is 1.36. The smallest absolute Gasteiger partial charge is 0.237 e. The van der Waals surface area contributed by atoms with E-state index in [0.29, 0.717) is 6.54 Å². The van der Waals surface area contributed by atoms with Crippen molar-refractivity contribution in [2.24, 2.45) is 0 Å². The van der Waals surface area contributed by atoms with Crippen LogP contribution in [0.15, 0.2) is 18.2 Å². The number of carbonyl (C=O) groups is 1. The van der Waals surface area contributed by atoms with E-state index in [1.54, 1.807) is 14.2 Å². The van der Waals surface area contributed by atoms with Crippen molar-refractivity contribution in [3.05, 3.63) is 23.8 Å². The second kappa shape index (κ2) is 6.43. The van der Waals surface area contributed by atoms with E-state index in [2.05, 4.69) is 10.6 Å². The summed E-state index contributed by atoms with van der Waals surface area (Å²) < 4.78 is 10.5. The molecule has 1 atom stereocenters. The summed E-state index contributed by atoms with van der Waals surface area (Å²) in [7, 11) is 3.23. The summed E-state index contributed by atoms with van der Waals surface area (Å²) in [6, 6.07) is 5.49. The van der Waals surface area contributed by atoms with Gasteiger partial charge in [0.25, 0.3) is 0 Å². The van der Waals surface area contributed by atoms with Crippen molar-refractivity contribution in [2.75, 3.05) is 20.8 Å². The summed E-state index contributed by atoms with van der Waals surface area (Å²) in [5.41, 5.74) is 0.910. The van der Waals surface area contributed by atoms with Gasteiger partial charge in [-0.25, -0.2) is 0 Å². The SMILES string of the molecule is COc1ccc(OC)c(CNC(=O)[C@@H]2CCCN2)c1. The van der Waals surface area contributed by atoms with E-state index in [-0.39, 0.29) is 11.9 Å². The topological polar surface area (TPSA) is 59.6 Å². The molecular weight excluding hydrogens is 244 g/mol. The second-order valence-corrected chi connectivity index (χ2v) is 4.54. The summed E-state index contributed by atoms with van der Waals surface area (Å²) >= 11 is 0. The molecule has 2 N–H and O–H groups in total. The van der Waals surface area contributed by atoms with Crippen molar-refractivity contribution < 1.29 is 14.3 Å². The number of rotatable bonds is 5. The molecule has 0 spiro atoms.